The molecular weight excluding hydrogens is 256 g/mol. The van der Waals surface area contributed by atoms with Crippen molar-refractivity contribution in [2.45, 2.75) is 44.5 Å². The van der Waals surface area contributed by atoms with Gasteiger partial charge in [-0.1, -0.05) is 6.58 Å². The Balaban J connectivity index is 1.24. The van der Waals surface area contributed by atoms with Crippen molar-refractivity contribution < 1.29 is 19.0 Å². The van der Waals surface area contributed by atoms with Crippen LogP contribution in [0.4, 0.5) is 0 Å². The lowest BCUT2D eigenvalue weighted by Gasteiger charge is -2.32. The number of esters is 1. The van der Waals surface area contributed by atoms with Crippen LogP contribution in [-0.2, 0) is 19.0 Å². The van der Waals surface area contributed by atoms with Crippen molar-refractivity contribution in [2.75, 3.05) is 13.2 Å². The molecule has 2 bridgehead atoms. The highest BCUT2D eigenvalue weighted by atomic mass is 16.6. The SMILES string of the molecule is C=C(C)C(=O)OCCOC1CC2CC1C1CC3OC3C21. The first-order valence-corrected chi connectivity index (χ1v) is 7.75. The Bertz CT molecular complexity index is 446. The topological polar surface area (TPSA) is 48.1 Å². The Morgan fingerprint density at radius 1 is 1.25 bits per heavy atom. The van der Waals surface area contributed by atoms with E-state index in [9.17, 15) is 4.79 Å². The van der Waals surface area contributed by atoms with Crippen LogP contribution >= 0.6 is 0 Å². The smallest absolute Gasteiger partial charge is 0.333 e. The van der Waals surface area contributed by atoms with Crippen LogP contribution < -0.4 is 0 Å². The molecular formula is C16H22O4. The molecule has 20 heavy (non-hydrogen) atoms. The van der Waals surface area contributed by atoms with E-state index in [-0.39, 0.29) is 5.97 Å². The van der Waals surface area contributed by atoms with Crippen molar-refractivity contribution in [3.63, 3.8) is 0 Å². The molecule has 3 aliphatic carbocycles. The molecule has 0 N–H and O–H groups in total. The fourth-order valence-corrected chi connectivity index (χ4v) is 4.92. The highest BCUT2D eigenvalue weighted by Crippen LogP contribution is 2.64. The fraction of sp³-hybridized carbons (Fsp3) is 0.812. The van der Waals surface area contributed by atoms with Crippen LogP contribution in [-0.4, -0.2) is 37.5 Å². The monoisotopic (exact) mass is 278 g/mol. The fourth-order valence-electron chi connectivity index (χ4n) is 4.92. The lowest BCUT2D eigenvalue weighted by atomic mass is 9.79. The maximum Gasteiger partial charge on any atom is 0.333 e. The highest BCUT2D eigenvalue weighted by molar-refractivity contribution is 5.86. The van der Waals surface area contributed by atoms with E-state index in [1.165, 1.54) is 19.3 Å². The van der Waals surface area contributed by atoms with Gasteiger partial charge in [-0.05, 0) is 49.9 Å². The predicted molar refractivity (Wildman–Crippen MR) is 72.0 cm³/mol. The lowest BCUT2D eigenvalue weighted by molar-refractivity contribution is -0.141. The summed E-state index contributed by atoms with van der Waals surface area (Å²) in [5.41, 5.74) is 0.443. The third-order valence-electron chi connectivity index (χ3n) is 5.68. The zero-order valence-corrected chi connectivity index (χ0v) is 11.9. The van der Waals surface area contributed by atoms with E-state index in [1.54, 1.807) is 6.92 Å². The summed E-state index contributed by atoms with van der Waals surface area (Å²) in [6.07, 6.45) is 5.28. The third kappa shape index (κ3) is 1.92. The van der Waals surface area contributed by atoms with Gasteiger partial charge in [-0.25, -0.2) is 4.79 Å². The van der Waals surface area contributed by atoms with Gasteiger partial charge in [0.05, 0.1) is 24.9 Å². The quantitative estimate of drug-likeness (QED) is 0.334. The molecule has 4 aliphatic rings. The first-order chi connectivity index (χ1) is 9.65. The summed E-state index contributed by atoms with van der Waals surface area (Å²) in [5.74, 6) is 2.87. The van der Waals surface area contributed by atoms with E-state index in [1.807, 2.05) is 0 Å². The molecule has 3 saturated carbocycles. The number of hydrogen-bond donors (Lipinski definition) is 0. The molecule has 0 radical (unpaired) electrons. The summed E-state index contributed by atoms with van der Waals surface area (Å²) in [7, 11) is 0. The van der Waals surface area contributed by atoms with E-state index in [4.69, 9.17) is 14.2 Å². The van der Waals surface area contributed by atoms with Crippen LogP contribution in [0, 0.1) is 23.7 Å². The molecule has 0 aromatic rings. The largest absolute Gasteiger partial charge is 0.460 e. The van der Waals surface area contributed by atoms with Gasteiger partial charge in [-0.15, -0.1) is 0 Å². The number of rotatable bonds is 5. The second-order valence-corrected chi connectivity index (χ2v) is 6.84. The van der Waals surface area contributed by atoms with Crippen LogP contribution in [0.25, 0.3) is 0 Å². The molecule has 1 saturated heterocycles. The number of fused-ring (bicyclic) bond motifs is 7. The van der Waals surface area contributed by atoms with Gasteiger partial charge in [-0.3, -0.25) is 0 Å². The molecule has 7 unspecified atom stereocenters. The Kier molecular flexibility index (Phi) is 2.93. The average molecular weight is 278 g/mol. The van der Waals surface area contributed by atoms with Gasteiger partial charge in [0.1, 0.15) is 6.61 Å². The summed E-state index contributed by atoms with van der Waals surface area (Å²) < 4.78 is 16.7. The number of epoxide rings is 1. The summed E-state index contributed by atoms with van der Waals surface area (Å²) in [5, 5.41) is 0. The summed E-state index contributed by atoms with van der Waals surface area (Å²) in [6.45, 7) is 6.07. The Hall–Kier alpha value is -0.870. The minimum atomic E-state index is -0.324. The first-order valence-electron chi connectivity index (χ1n) is 7.75. The molecule has 0 aromatic heterocycles. The van der Waals surface area contributed by atoms with Crippen molar-refractivity contribution in [3.8, 4) is 0 Å². The van der Waals surface area contributed by atoms with Crippen LogP contribution in [0.15, 0.2) is 12.2 Å². The Morgan fingerprint density at radius 3 is 2.90 bits per heavy atom. The van der Waals surface area contributed by atoms with Gasteiger partial charge in [-0.2, -0.15) is 0 Å². The molecule has 4 rings (SSSR count). The van der Waals surface area contributed by atoms with Crippen molar-refractivity contribution in [2.24, 2.45) is 23.7 Å². The first kappa shape index (κ1) is 12.8. The minimum absolute atomic E-state index is 0.324. The Labute approximate surface area is 119 Å². The average Bonchev–Trinajstić information content (AvgIpc) is 2.81. The summed E-state index contributed by atoms with van der Waals surface area (Å²) in [6, 6.07) is 0. The van der Waals surface area contributed by atoms with E-state index in [0.717, 1.165) is 23.7 Å². The van der Waals surface area contributed by atoms with Gasteiger partial charge >= 0.3 is 5.97 Å². The summed E-state index contributed by atoms with van der Waals surface area (Å²) >= 11 is 0. The second-order valence-electron chi connectivity index (χ2n) is 6.84. The van der Waals surface area contributed by atoms with Crippen LogP contribution in [0.3, 0.4) is 0 Å². The number of carbonyl (C=O) groups excluding carboxylic acids is 1. The predicted octanol–water partition coefficient (Wildman–Crippen LogP) is 1.93. The molecule has 110 valence electrons. The van der Waals surface area contributed by atoms with Crippen molar-refractivity contribution in [1.29, 1.82) is 0 Å². The van der Waals surface area contributed by atoms with Crippen LogP contribution in [0.5, 0.6) is 0 Å². The van der Waals surface area contributed by atoms with Crippen molar-refractivity contribution >= 4 is 5.97 Å². The van der Waals surface area contributed by atoms with E-state index in [2.05, 4.69) is 6.58 Å². The maximum atomic E-state index is 11.3. The van der Waals surface area contributed by atoms with E-state index in [0.29, 0.717) is 37.1 Å². The van der Waals surface area contributed by atoms with Crippen LogP contribution in [0.1, 0.15) is 26.2 Å². The summed E-state index contributed by atoms with van der Waals surface area (Å²) in [4.78, 5) is 11.3. The van der Waals surface area contributed by atoms with Crippen molar-refractivity contribution in [1.82, 2.24) is 0 Å². The van der Waals surface area contributed by atoms with Gasteiger partial charge in [0.2, 0.25) is 0 Å². The normalized spacial score (nSPS) is 47.0. The Morgan fingerprint density at radius 2 is 2.10 bits per heavy atom. The van der Waals surface area contributed by atoms with Gasteiger partial charge in [0.25, 0.3) is 0 Å². The molecule has 4 fully saturated rings. The molecule has 4 nitrogen and oxygen atoms in total. The number of hydrogen-bond acceptors (Lipinski definition) is 4. The minimum Gasteiger partial charge on any atom is -0.460 e. The standard InChI is InChI=1S/C16H22O4/c1-8(2)16(17)19-4-3-18-12-6-9-5-10(12)11-7-13-15(20-13)14(9)11/h9-15H,1,3-7H2,2H3. The molecule has 0 amide bonds. The van der Waals surface area contributed by atoms with E-state index >= 15 is 0 Å². The zero-order valence-electron chi connectivity index (χ0n) is 11.9. The molecule has 1 aliphatic heterocycles. The maximum absolute atomic E-state index is 11.3. The van der Waals surface area contributed by atoms with E-state index < -0.39 is 0 Å². The highest BCUT2D eigenvalue weighted by Gasteiger charge is 2.66. The number of ether oxygens (including phenoxy) is 3. The molecule has 1 heterocycles. The molecule has 4 heteroatoms. The van der Waals surface area contributed by atoms with Crippen molar-refractivity contribution in [3.05, 3.63) is 12.2 Å². The third-order valence-corrected chi connectivity index (χ3v) is 5.68. The molecule has 0 spiro atoms. The van der Waals surface area contributed by atoms with Gasteiger partial charge < -0.3 is 14.2 Å². The zero-order chi connectivity index (χ0) is 13.9. The van der Waals surface area contributed by atoms with Gasteiger partial charge in [0, 0.05) is 5.57 Å². The lowest BCUT2D eigenvalue weighted by Crippen LogP contribution is -2.33. The van der Waals surface area contributed by atoms with Crippen LogP contribution in [0.2, 0.25) is 0 Å². The molecule has 0 aromatic carbocycles. The van der Waals surface area contributed by atoms with Gasteiger partial charge in [0.15, 0.2) is 0 Å². The number of carbonyl (C=O) groups is 1. The molecule has 7 atom stereocenters. The second kappa shape index (κ2) is 4.57.